The molecule has 5 N–H and O–H groups in total. The van der Waals surface area contributed by atoms with Gasteiger partial charge in [-0.15, -0.1) is 0 Å². The summed E-state index contributed by atoms with van der Waals surface area (Å²) in [6.07, 6.45) is -5.56. The first-order valence-corrected chi connectivity index (χ1v) is 10.7. The molecule has 0 radical (unpaired) electrons. The lowest BCUT2D eigenvalue weighted by atomic mass is 10.0. The van der Waals surface area contributed by atoms with E-state index in [1.165, 1.54) is 12.1 Å². The van der Waals surface area contributed by atoms with Crippen molar-refractivity contribution >= 4 is 23.7 Å². The zero-order chi connectivity index (χ0) is 28.3. The molecule has 2 aromatic carbocycles. The molecule has 0 saturated heterocycles. The van der Waals surface area contributed by atoms with E-state index >= 15 is 0 Å². The highest BCUT2D eigenvalue weighted by molar-refractivity contribution is 5.97. The minimum absolute atomic E-state index is 0.295. The molecule has 0 aliphatic carbocycles. The zero-order valence-electron chi connectivity index (χ0n) is 19.1. The number of ether oxygens (including phenoxy) is 1. The summed E-state index contributed by atoms with van der Waals surface area (Å²) in [5.41, 5.74) is 1.37. The van der Waals surface area contributed by atoms with Crippen molar-refractivity contribution in [1.82, 2.24) is 10.6 Å². The molecule has 3 unspecified atom stereocenters. The summed E-state index contributed by atoms with van der Waals surface area (Å²) in [7, 11) is 0. The van der Waals surface area contributed by atoms with Crippen molar-refractivity contribution in [1.29, 1.82) is 0 Å². The first kappa shape index (κ1) is 28.6. The van der Waals surface area contributed by atoms with Gasteiger partial charge in [0.1, 0.15) is 35.0 Å². The lowest BCUT2D eigenvalue weighted by molar-refractivity contribution is -0.254. The number of hydrogen-bond acceptors (Lipinski definition) is 7. The lowest BCUT2D eigenvalue weighted by Gasteiger charge is -2.31. The molecule has 2 aromatic rings. The Bertz CT molecular complexity index is 1200. The van der Waals surface area contributed by atoms with Crippen molar-refractivity contribution < 1.29 is 50.2 Å². The Labute approximate surface area is 210 Å². The number of alkyl halides is 5. The number of hydrazone groups is 1. The summed E-state index contributed by atoms with van der Waals surface area (Å²) in [5, 5.41) is 18.8. The maximum absolute atomic E-state index is 14.1. The number of amides is 2. The second-order valence-electron chi connectivity index (χ2n) is 8.02. The molecule has 0 aromatic heterocycles. The molecule has 0 spiro atoms. The van der Waals surface area contributed by atoms with E-state index in [4.69, 9.17) is 5.73 Å². The Morgan fingerprint density at radius 3 is 2.32 bits per heavy atom. The van der Waals surface area contributed by atoms with Crippen molar-refractivity contribution in [2.24, 2.45) is 16.8 Å². The van der Waals surface area contributed by atoms with Crippen molar-refractivity contribution in [3.05, 3.63) is 59.7 Å². The third-order valence-electron chi connectivity index (χ3n) is 5.44. The molecule has 0 saturated carbocycles. The van der Waals surface area contributed by atoms with E-state index in [1.807, 2.05) is 5.32 Å². The topological polar surface area (TPSA) is 129 Å². The number of halogens is 7. The zero-order valence-corrected chi connectivity index (χ0v) is 19.1. The monoisotopic (exact) mass is 551 g/mol. The van der Waals surface area contributed by atoms with Gasteiger partial charge in [0.25, 0.3) is 5.91 Å². The Morgan fingerprint density at radius 1 is 1.08 bits per heavy atom. The average molecular weight is 551 g/mol. The third-order valence-corrected chi connectivity index (χ3v) is 5.44. The summed E-state index contributed by atoms with van der Waals surface area (Å²) in [6, 6.07) is 7.24. The van der Waals surface area contributed by atoms with Crippen LogP contribution in [0.4, 0.5) is 36.4 Å². The number of nitrogens with two attached hydrogens (primary N) is 1. The number of carbonyl (C=O) groups is 2. The molecular formula is C22H20F7N5O4. The highest BCUT2D eigenvalue weighted by Gasteiger charge is 2.54. The van der Waals surface area contributed by atoms with Crippen LogP contribution >= 0.6 is 0 Å². The number of rotatable bonds is 9. The Hall–Kier alpha value is -3.92. The van der Waals surface area contributed by atoms with Crippen LogP contribution in [0.1, 0.15) is 10.4 Å². The van der Waals surface area contributed by atoms with Crippen molar-refractivity contribution in [3.8, 4) is 5.75 Å². The van der Waals surface area contributed by atoms with Crippen LogP contribution in [0.5, 0.6) is 5.75 Å². The van der Waals surface area contributed by atoms with Gasteiger partial charge in [0.15, 0.2) is 5.60 Å². The molecule has 1 aliphatic heterocycles. The standard InChI is InChI=1S/C22H20F7N5O4/c23-11-4-6-12(7-5-11)34-17(30)13(8-33-34)18(35)31-9-21(37,22(27,28)29)10-32-19(36)16-14(24)2-1-3-15(16)38-20(25)26/h1-8,13,17,20,37H,9-10,30H2,(H,31,35)(H,32,36). The van der Waals surface area contributed by atoms with Crippen LogP contribution in [0.2, 0.25) is 0 Å². The molecule has 38 heavy (non-hydrogen) atoms. The highest BCUT2D eigenvalue weighted by atomic mass is 19.4. The second-order valence-corrected chi connectivity index (χ2v) is 8.02. The molecule has 3 atom stereocenters. The molecule has 1 heterocycles. The fourth-order valence-corrected chi connectivity index (χ4v) is 3.36. The van der Waals surface area contributed by atoms with Crippen LogP contribution < -0.4 is 26.1 Å². The first-order valence-electron chi connectivity index (χ1n) is 10.7. The fourth-order valence-electron chi connectivity index (χ4n) is 3.36. The van der Waals surface area contributed by atoms with Crippen LogP contribution in [-0.4, -0.2) is 60.8 Å². The number of anilines is 1. The summed E-state index contributed by atoms with van der Waals surface area (Å²) in [5.74, 6) is -6.80. The van der Waals surface area contributed by atoms with E-state index in [2.05, 4.69) is 9.84 Å². The van der Waals surface area contributed by atoms with Crippen LogP contribution in [0.15, 0.2) is 47.6 Å². The van der Waals surface area contributed by atoms with E-state index in [1.54, 1.807) is 5.32 Å². The number of nitrogens with zero attached hydrogens (tertiary/aromatic N) is 2. The van der Waals surface area contributed by atoms with Crippen LogP contribution in [-0.2, 0) is 4.79 Å². The molecule has 9 nitrogen and oxygen atoms in total. The summed E-state index contributed by atoms with van der Waals surface area (Å²) in [6.45, 7) is -6.53. The van der Waals surface area contributed by atoms with E-state index in [0.717, 1.165) is 35.5 Å². The number of benzene rings is 2. The number of nitrogens with one attached hydrogen (secondary N) is 2. The van der Waals surface area contributed by atoms with E-state index < -0.39 is 78.3 Å². The minimum Gasteiger partial charge on any atom is -0.434 e. The van der Waals surface area contributed by atoms with Gasteiger partial charge < -0.3 is 26.2 Å². The average Bonchev–Trinajstić information content (AvgIpc) is 3.22. The van der Waals surface area contributed by atoms with E-state index in [9.17, 15) is 45.4 Å². The van der Waals surface area contributed by atoms with Crippen molar-refractivity contribution in [2.75, 3.05) is 18.1 Å². The van der Waals surface area contributed by atoms with Gasteiger partial charge in [0.05, 0.1) is 18.8 Å². The second kappa shape index (κ2) is 11.2. The van der Waals surface area contributed by atoms with Crippen molar-refractivity contribution in [3.63, 3.8) is 0 Å². The molecule has 1 aliphatic rings. The Balaban J connectivity index is 1.68. The van der Waals surface area contributed by atoms with Crippen molar-refractivity contribution in [2.45, 2.75) is 24.6 Å². The van der Waals surface area contributed by atoms with Gasteiger partial charge in [-0.3, -0.25) is 9.59 Å². The number of carbonyl (C=O) groups excluding carboxylic acids is 2. The smallest absolute Gasteiger partial charge is 0.420 e. The molecule has 0 bridgehead atoms. The largest absolute Gasteiger partial charge is 0.434 e. The Kier molecular flexibility index (Phi) is 8.46. The van der Waals surface area contributed by atoms with E-state index in [0.29, 0.717) is 11.8 Å². The number of hydrogen-bond donors (Lipinski definition) is 4. The maximum Gasteiger partial charge on any atom is 0.420 e. The van der Waals surface area contributed by atoms with Gasteiger partial charge in [-0.05, 0) is 36.4 Å². The molecular weight excluding hydrogens is 531 g/mol. The van der Waals surface area contributed by atoms with E-state index in [-0.39, 0.29) is 0 Å². The molecule has 206 valence electrons. The van der Waals surface area contributed by atoms with Gasteiger partial charge in [-0.25, -0.2) is 13.8 Å². The SMILES string of the molecule is NC1C(C(=O)NCC(O)(CNC(=O)c2c(F)cccc2OC(F)F)C(F)(F)F)C=NN1c1ccc(F)cc1. The normalized spacial score (nSPS) is 18.8. The Morgan fingerprint density at radius 2 is 1.71 bits per heavy atom. The predicted molar refractivity (Wildman–Crippen MR) is 118 cm³/mol. The predicted octanol–water partition coefficient (Wildman–Crippen LogP) is 2.11. The van der Waals surface area contributed by atoms with Gasteiger partial charge in [-0.2, -0.15) is 27.1 Å². The third kappa shape index (κ3) is 6.31. The number of aliphatic hydroxyl groups is 1. The van der Waals surface area contributed by atoms with Gasteiger partial charge in [-0.1, -0.05) is 6.07 Å². The summed E-state index contributed by atoms with van der Waals surface area (Å²) in [4.78, 5) is 24.9. The highest BCUT2D eigenvalue weighted by Crippen LogP contribution is 2.31. The quantitative estimate of drug-likeness (QED) is 0.354. The van der Waals surface area contributed by atoms with Crippen LogP contribution in [0.3, 0.4) is 0 Å². The van der Waals surface area contributed by atoms with Gasteiger partial charge >= 0.3 is 12.8 Å². The summed E-state index contributed by atoms with van der Waals surface area (Å²) >= 11 is 0. The summed E-state index contributed by atoms with van der Waals surface area (Å²) < 4.78 is 97.3. The fraction of sp³-hybridized carbons (Fsp3) is 0.318. The van der Waals surface area contributed by atoms with Gasteiger partial charge in [0.2, 0.25) is 5.91 Å². The van der Waals surface area contributed by atoms with Crippen LogP contribution in [0, 0.1) is 17.6 Å². The maximum atomic E-state index is 14.1. The molecule has 3 rings (SSSR count). The first-order chi connectivity index (χ1) is 17.7. The lowest BCUT2D eigenvalue weighted by Crippen LogP contribution is -2.60. The molecule has 0 fully saturated rings. The van der Waals surface area contributed by atoms with Gasteiger partial charge in [0, 0.05) is 6.21 Å². The minimum atomic E-state index is -5.42. The molecule has 16 heteroatoms. The molecule has 2 amide bonds. The van der Waals surface area contributed by atoms with Crippen LogP contribution in [0.25, 0.3) is 0 Å².